The molecule has 0 aliphatic rings. The molecule has 0 fully saturated rings. The Balaban J connectivity index is 2.09. The Morgan fingerprint density at radius 2 is 1.50 bits per heavy atom. The van der Waals surface area contributed by atoms with Gasteiger partial charge in [0.1, 0.15) is 11.4 Å². The number of carbonyl (C=O) groups excluding carboxylic acids is 2. The van der Waals surface area contributed by atoms with Crippen molar-refractivity contribution in [1.82, 2.24) is 15.2 Å². The topological polar surface area (TPSA) is 74.3 Å². The van der Waals surface area contributed by atoms with E-state index in [4.69, 9.17) is 0 Å². The number of carbonyl (C=O) groups is 2. The maximum Gasteiger partial charge on any atom is 0.274 e. The van der Waals surface area contributed by atoms with E-state index in [0.29, 0.717) is 6.54 Å². The van der Waals surface area contributed by atoms with Gasteiger partial charge in [0.15, 0.2) is 0 Å². The molecule has 0 radical (unpaired) electrons. The van der Waals surface area contributed by atoms with E-state index in [-0.39, 0.29) is 23.2 Å². The molecule has 150 valence electrons. The van der Waals surface area contributed by atoms with E-state index < -0.39 is 0 Å². The second kappa shape index (κ2) is 10.6. The van der Waals surface area contributed by atoms with Crippen LogP contribution in [0.3, 0.4) is 0 Å². The van der Waals surface area contributed by atoms with Crippen LogP contribution >= 0.6 is 0 Å². The SMILES string of the molecule is CCc1cccc(CC)c1NC(=O)c1cccc(C(=O)NCCCN(C)C)n1. The molecule has 1 aromatic heterocycles. The Kier molecular flexibility index (Phi) is 8.14. The van der Waals surface area contributed by atoms with E-state index in [0.717, 1.165) is 42.6 Å². The number of benzene rings is 1. The van der Waals surface area contributed by atoms with E-state index in [1.54, 1.807) is 18.2 Å². The number of hydrogen-bond acceptors (Lipinski definition) is 4. The number of para-hydroxylation sites is 1. The number of aromatic nitrogens is 1. The van der Waals surface area contributed by atoms with Crippen LogP contribution in [0.2, 0.25) is 0 Å². The van der Waals surface area contributed by atoms with Gasteiger partial charge in [0.05, 0.1) is 0 Å². The van der Waals surface area contributed by atoms with Crippen molar-refractivity contribution in [3.63, 3.8) is 0 Å². The van der Waals surface area contributed by atoms with Crippen molar-refractivity contribution in [2.45, 2.75) is 33.1 Å². The first kappa shape index (κ1) is 21.6. The zero-order valence-electron chi connectivity index (χ0n) is 17.2. The average molecular weight is 383 g/mol. The highest BCUT2D eigenvalue weighted by molar-refractivity contribution is 6.04. The van der Waals surface area contributed by atoms with Gasteiger partial charge in [-0.25, -0.2) is 4.98 Å². The predicted molar refractivity (Wildman–Crippen MR) is 113 cm³/mol. The second-order valence-corrected chi connectivity index (χ2v) is 6.93. The largest absolute Gasteiger partial charge is 0.351 e. The van der Waals surface area contributed by atoms with Gasteiger partial charge in [-0.2, -0.15) is 0 Å². The van der Waals surface area contributed by atoms with Gasteiger partial charge in [-0.15, -0.1) is 0 Å². The molecule has 0 aliphatic heterocycles. The zero-order valence-corrected chi connectivity index (χ0v) is 17.2. The summed E-state index contributed by atoms with van der Waals surface area (Å²) < 4.78 is 0. The Hall–Kier alpha value is -2.73. The molecule has 0 unspecified atom stereocenters. The maximum atomic E-state index is 12.7. The molecule has 6 nitrogen and oxygen atoms in total. The minimum atomic E-state index is -0.308. The fraction of sp³-hybridized carbons (Fsp3) is 0.409. The molecule has 2 N–H and O–H groups in total. The highest BCUT2D eigenvalue weighted by Crippen LogP contribution is 2.23. The number of nitrogens with zero attached hydrogens (tertiary/aromatic N) is 2. The smallest absolute Gasteiger partial charge is 0.274 e. The van der Waals surface area contributed by atoms with Gasteiger partial charge in [-0.05, 0) is 63.2 Å². The van der Waals surface area contributed by atoms with E-state index in [2.05, 4.69) is 34.4 Å². The summed E-state index contributed by atoms with van der Waals surface area (Å²) in [4.78, 5) is 31.4. The molecule has 0 saturated carbocycles. The Bertz CT molecular complexity index is 796. The molecule has 2 aromatic rings. The van der Waals surface area contributed by atoms with Crippen molar-refractivity contribution >= 4 is 17.5 Å². The van der Waals surface area contributed by atoms with Crippen LogP contribution in [0.5, 0.6) is 0 Å². The van der Waals surface area contributed by atoms with E-state index in [1.165, 1.54) is 0 Å². The second-order valence-electron chi connectivity index (χ2n) is 6.93. The van der Waals surface area contributed by atoms with Crippen LogP contribution in [-0.4, -0.2) is 48.9 Å². The van der Waals surface area contributed by atoms with Crippen LogP contribution in [0.25, 0.3) is 0 Å². The molecule has 2 rings (SSSR count). The average Bonchev–Trinajstić information content (AvgIpc) is 2.71. The summed E-state index contributed by atoms with van der Waals surface area (Å²) in [6, 6.07) is 11.0. The van der Waals surface area contributed by atoms with Gasteiger partial charge in [0, 0.05) is 12.2 Å². The first-order valence-corrected chi connectivity index (χ1v) is 9.78. The molecule has 1 heterocycles. The fourth-order valence-electron chi connectivity index (χ4n) is 2.96. The molecule has 0 spiro atoms. The van der Waals surface area contributed by atoms with Gasteiger partial charge in [-0.3, -0.25) is 9.59 Å². The minimum Gasteiger partial charge on any atom is -0.351 e. The molecule has 0 saturated heterocycles. The van der Waals surface area contributed by atoms with Gasteiger partial charge < -0.3 is 15.5 Å². The summed E-state index contributed by atoms with van der Waals surface area (Å²) in [5.74, 6) is -0.575. The van der Waals surface area contributed by atoms with Crippen LogP contribution in [0.15, 0.2) is 36.4 Å². The van der Waals surface area contributed by atoms with Crippen molar-refractivity contribution < 1.29 is 9.59 Å². The number of aryl methyl sites for hydroxylation is 2. The molecule has 28 heavy (non-hydrogen) atoms. The molecule has 2 amide bonds. The van der Waals surface area contributed by atoms with Gasteiger partial charge in [-0.1, -0.05) is 38.1 Å². The van der Waals surface area contributed by atoms with Gasteiger partial charge >= 0.3 is 0 Å². The number of anilines is 1. The lowest BCUT2D eigenvalue weighted by Crippen LogP contribution is -2.28. The number of hydrogen-bond donors (Lipinski definition) is 2. The third-order valence-electron chi connectivity index (χ3n) is 4.52. The van der Waals surface area contributed by atoms with E-state index in [1.807, 2.05) is 32.3 Å². The Labute approximate surface area is 167 Å². The lowest BCUT2D eigenvalue weighted by Gasteiger charge is -2.14. The first-order valence-electron chi connectivity index (χ1n) is 9.78. The summed E-state index contributed by atoms with van der Waals surface area (Å²) in [6.07, 6.45) is 2.51. The zero-order chi connectivity index (χ0) is 20.5. The van der Waals surface area contributed by atoms with Crippen LogP contribution in [0.4, 0.5) is 5.69 Å². The monoisotopic (exact) mass is 382 g/mol. The van der Waals surface area contributed by atoms with Crippen molar-refractivity contribution in [1.29, 1.82) is 0 Å². The number of pyridine rings is 1. The lowest BCUT2D eigenvalue weighted by atomic mass is 10.0. The molecule has 6 heteroatoms. The van der Waals surface area contributed by atoms with Crippen LogP contribution < -0.4 is 10.6 Å². The molecule has 0 bridgehead atoms. The standard InChI is InChI=1S/C22H30N4O2/c1-5-16-10-7-11-17(6-2)20(16)25-22(28)19-13-8-12-18(24-19)21(27)23-14-9-15-26(3)4/h7-8,10-13H,5-6,9,14-15H2,1-4H3,(H,23,27)(H,25,28). The fourth-order valence-corrected chi connectivity index (χ4v) is 2.96. The normalized spacial score (nSPS) is 10.8. The summed E-state index contributed by atoms with van der Waals surface area (Å²) in [6.45, 7) is 5.58. The van der Waals surface area contributed by atoms with Crippen LogP contribution in [0, 0.1) is 0 Å². The van der Waals surface area contributed by atoms with E-state index >= 15 is 0 Å². The quantitative estimate of drug-likeness (QED) is 0.654. The van der Waals surface area contributed by atoms with Crippen molar-refractivity contribution in [3.8, 4) is 0 Å². The van der Waals surface area contributed by atoms with Crippen molar-refractivity contribution in [2.75, 3.05) is 32.5 Å². The van der Waals surface area contributed by atoms with Gasteiger partial charge in [0.2, 0.25) is 0 Å². The van der Waals surface area contributed by atoms with Crippen LogP contribution in [-0.2, 0) is 12.8 Å². The third kappa shape index (κ3) is 5.89. The van der Waals surface area contributed by atoms with Crippen LogP contribution in [0.1, 0.15) is 52.4 Å². The molecular formula is C22H30N4O2. The minimum absolute atomic E-state index is 0.230. The van der Waals surface area contributed by atoms with Crippen molar-refractivity contribution in [2.24, 2.45) is 0 Å². The summed E-state index contributed by atoms with van der Waals surface area (Å²) >= 11 is 0. The Morgan fingerprint density at radius 1 is 0.929 bits per heavy atom. The maximum absolute atomic E-state index is 12.7. The number of rotatable bonds is 9. The molecule has 0 atom stereocenters. The van der Waals surface area contributed by atoms with Crippen molar-refractivity contribution in [3.05, 3.63) is 58.9 Å². The highest BCUT2D eigenvalue weighted by atomic mass is 16.2. The third-order valence-corrected chi connectivity index (χ3v) is 4.52. The highest BCUT2D eigenvalue weighted by Gasteiger charge is 2.15. The summed E-state index contributed by atoms with van der Waals surface area (Å²) in [5.41, 5.74) is 3.49. The van der Waals surface area contributed by atoms with E-state index in [9.17, 15) is 9.59 Å². The Morgan fingerprint density at radius 3 is 2.07 bits per heavy atom. The predicted octanol–water partition coefficient (Wildman–Crippen LogP) is 3.14. The number of amides is 2. The number of nitrogens with one attached hydrogen (secondary N) is 2. The summed E-state index contributed by atoms with van der Waals surface area (Å²) in [7, 11) is 3.98. The molecule has 0 aliphatic carbocycles. The first-order chi connectivity index (χ1) is 13.5. The molecule has 1 aromatic carbocycles. The lowest BCUT2D eigenvalue weighted by molar-refractivity contribution is 0.0947. The van der Waals surface area contributed by atoms with Gasteiger partial charge in [0.25, 0.3) is 11.8 Å². The summed E-state index contributed by atoms with van der Waals surface area (Å²) in [5, 5.41) is 5.84. The molecular weight excluding hydrogens is 352 g/mol.